The van der Waals surface area contributed by atoms with E-state index in [1.165, 1.54) is 0 Å². The van der Waals surface area contributed by atoms with Crippen LogP contribution in [0.15, 0.2) is 29.2 Å². The molecule has 0 aliphatic heterocycles. The predicted octanol–water partition coefficient (Wildman–Crippen LogP) is 1.04. The van der Waals surface area contributed by atoms with E-state index >= 15 is 0 Å². The fraction of sp³-hybridized carbons (Fsp3) is 0.455. The monoisotopic (exact) mass is 243 g/mol. The molecule has 0 unspecified atom stereocenters. The van der Waals surface area contributed by atoms with E-state index in [0.717, 1.165) is 0 Å². The molecule has 16 heavy (non-hydrogen) atoms. The lowest BCUT2D eigenvalue weighted by Crippen LogP contribution is -2.46. The minimum Gasteiger partial charge on any atom is -0.394 e. The first-order chi connectivity index (χ1) is 7.28. The maximum absolute atomic E-state index is 12.0. The van der Waals surface area contributed by atoms with Gasteiger partial charge in [-0.15, -0.1) is 0 Å². The van der Waals surface area contributed by atoms with Gasteiger partial charge in [0, 0.05) is 0 Å². The van der Waals surface area contributed by atoms with E-state index in [-0.39, 0.29) is 11.5 Å². The molecule has 0 amide bonds. The lowest BCUT2D eigenvalue weighted by atomic mass is 10.1. The van der Waals surface area contributed by atoms with E-state index in [2.05, 4.69) is 4.72 Å². The molecule has 0 aliphatic carbocycles. The molecule has 0 radical (unpaired) electrons. The lowest BCUT2D eigenvalue weighted by molar-refractivity contribution is 0.208. The van der Waals surface area contributed by atoms with Crippen LogP contribution < -0.4 is 4.72 Å². The number of benzene rings is 1. The molecule has 0 saturated carbocycles. The van der Waals surface area contributed by atoms with Crippen molar-refractivity contribution in [2.45, 2.75) is 31.2 Å². The van der Waals surface area contributed by atoms with Crippen LogP contribution in [0.25, 0.3) is 0 Å². The molecular weight excluding hydrogens is 226 g/mol. The molecule has 4 nitrogen and oxygen atoms in total. The molecule has 1 rings (SSSR count). The van der Waals surface area contributed by atoms with Crippen LogP contribution in [0.2, 0.25) is 0 Å². The summed E-state index contributed by atoms with van der Waals surface area (Å²) >= 11 is 0. The molecule has 0 atom stereocenters. The molecule has 0 heterocycles. The Hall–Kier alpha value is -0.910. The van der Waals surface area contributed by atoms with Crippen molar-refractivity contribution in [1.82, 2.24) is 4.72 Å². The van der Waals surface area contributed by atoms with E-state index in [1.807, 2.05) is 0 Å². The third kappa shape index (κ3) is 3.04. The van der Waals surface area contributed by atoms with Crippen LogP contribution in [0.4, 0.5) is 0 Å². The zero-order chi connectivity index (χ0) is 12.4. The molecule has 0 saturated heterocycles. The van der Waals surface area contributed by atoms with Crippen LogP contribution in [0.3, 0.4) is 0 Å². The number of rotatable bonds is 4. The minimum absolute atomic E-state index is 0.247. The second-order valence-corrected chi connectivity index (χ2v) is 6.06. The van der Waals surface area contributed by atoms with Crippen molar-refractivity contribution in [3.63, 3.8) is 0 Å². The Morgan fingerprint density at radius 1 is 1.31 bits per heavy atom. The van der Waals surface area contributed by atoms with E-state index in [0.29, 0.717) is 5.56 Å². The highest BCUT2D eigenvalue weighted by molar-refractivity contribution is 7.89. The number of aliphatic hydroxyl groups is 1. The largest absolute Gasteiger partial charge is 0.394 e. The normalized spacial score (nSPS) is 12.8. The minimum atomic E-state index is -3.57. The molecule has 0 fully saturated rings. The Morgan fingerprint density at radius 3 is 2.38 bits per heavy atom. The third-order valence-electron chi connectivity index (χ3n) is 2.19. The topological polar surface area (TPSA) is 66.4 Å². The summed E-state index contributed by atoms with van der Waals surface area (Å²) in [5.74, 6) is 0. The van der Waals surface area contributed by atoms with Crippen LogP contribution in [0.5, 0.6) is 0 Å². The maximum Gasteiger partial charge on any atom is 0.241 e. The fourth-order valence-electron chi connectivity index (χ4n) is 1.31. The Labute approximate surface area is 96.4 Å². The standard InChI is InChI=1S/C11H17NO3S/c1-9-6-4-5-7-10(9)16(14,15)12-11(2,3)8-13/h4-7,12-13H,8H2,1-3H3. The van der Waals surface area contributed by atoms with Crippen LogP contribution in [-0.4, -0.2) is 25.7 Å². The fourth-order valence-corrected chi connectivity index (χ4v) is 2.96. The number of aliphatic hydroxyl groups excluding tert-OH is 1. The van der Waals surface area contributed by atoms with Crippen LogP contribution in [0, 0.1) is 6.92 Å². The lowest BCUT2D eigenvalue weighted by Gasteiger charge is -2.23. The van der Waals surface area contributed by atoms with Gasteiger partial charge in [-0.1, -0.05) is 18.2 Å². The first kappa shape index (κ1) is 13.2. The summed E-state index contributed by atoms with van der Waals surface area (Å²) in [7, 11) is -3.57. The Kier molecular flexibility index (Phi) is 3.72. The third-order valence-corrected chi connectivity index (χ3v) is 4.05. The summed E-state index contributed by atoms with van der Waals surface area (Å²) in [5.41, 5.74) is -0.176. The molecule has 0 aromatic heterocycles. The quantitative estimate of drug-likeness (QED) is 0.830. The van der Waals surface area contributed by atoms with Gasteiger partial charge in [0.1, 0.15) is 0 Å². The Bertz CT molecular complexity index is 466. The first-order valence-corrected chi connectivity index (χ1v) is 6.47. The van der Waals surface area contributed by atoms with Gasteiger partial charge >= 0.3 is 0 Å². The molecule has 5 heteroatoms. The van der Waals surface area contributed by atoms with E-state index in [4.69, 9.17) is 5.11 Å². The van der Waals surface area contributed by atoms with Crippen molar-refractivity contribution in [3.05, 3.63) is 29.8 Å². The van der Waals surface area contributed by atoms with E-state index < -0.39 is 15.6 Å². The molecule has 1 aromatic carbocycles. The number of hydrogen-bond donors (Lipinski definition) is 2. The van der Waals surface area contributed by atoms with Crippen molar-refractivity contribution < 1.29 is 13.5 Å². The summed E-state index contributed by atoms with van der Waals surface area (Å²) in [6.45, 7) is 4.74. The predicted molar refractivity (Wildman–Crippen MR) is 62.7 cm³/mol. The molecule has 1 aromatic rings. The van der Waals surface area contributed by atoms with Crippen molar-refractivity contribution in [1.29, 1.82) is 0 Å². The van der Waals surface area contributed by atoms with Gasteiger partial charge in [0.2, 0.25) is 10.0 Å². The average Bonchev–Trinajstić information content (AvgIpc) is 2.16. The Morgan fingerprint density at radius 2 is 1.88 bits per heavy atom. The van der Waals surface area contributed by atoms with Gasteiger partial charge in [0.15, 0.2) is 0 Å². The SMILES string of the molecule is Cc1ccccc1S(=O)(=O)NC(C)(C)CO. The van der Waals surface area contributed by atoms with Crippen molar-refractivity contribution >= 4 is 10.0 Å². The van der Waals surface area contributed by atoms with Crippen LogP contribution >= 0.6 is 0 Å². The number of sulfonamides is 1. The summed E-state index contributed by atoms with van der Waals surface area (Å²) in [6.07, 6.45) is 0. The number of nitrogens with one attached hydrogen (secondary N) is 1. The van der Waals surface area contributed by atoms with Gasteiger partial charge in [-0.05, 0) is 32.4 Å². The maximum atomic E-state index is 12.0. The number of aryl methyl sites for hydroxylation is 1. The van der Waals surface area contributed by atoms with Gasteiger partial charge in [0.05, 0.1) is 17.0 Å². The molecule has 0 bridgehead atoms. The zero-order valence-corrected chi connectivity index (χ0v) is 10.5. The van der Waals surface area contributed by atoms with E-state index in [1.54, 1.807) is 45.0 Å². The number of hydrogen-bond acceptors (Lipinski definition) is 3. The molecule has 90 valence electrons. The van der Waals surface area contributed by atoms with Gasteiger partial charge in [0.25, 0.3) is 0 Å². The zero-order valence-electron chi connectivity index (χ0n) is 9.69. The first-order valence-electron chi connectivity index (χ1n) is 4.99. The van der Waals surface area contributed by atoms with Crippen molar-refractivity contribution in [3.8, 4) is 0 Å². The van der Waals surface area contributed by atoms with Crippen molar-refractivity contribution in [2.75, 3.05) is 6.61 Å². The van der Waals surface area contributed by atoms with Gasteiger partial charge in [-0.25, -0.2) is 13.1 Å². The van der Waals surface area contributed by atoms with E-state index in [9.17, 15) is 8.42 Å². The van der Waals surface area contributed by atoms with Gasteiger partial charge in [-0.3, -0.25) is 0 Å². The summed E-state index contributed by atoms with van der Waals surface area (Å²) < 4.78 is 26.5. The van der Waals surface area contributed by atoms with Crippen LogP contribution in [-0.2, 0) is 10.0 Å². The summed E-state index contributed by atoms with van der Waals surface area (Å²) in [6, 6.07) is 6.74. The van der Waals surface area contributed by atoms with Gasteiger partial charge in [-0.2, -0.15) is 0 Å². The average molecular weight is 243 g/mol. The smallest absolute Gasteiger partial charge is 0.241 e. The highest BCUT2D eigenvalue weighted by atomic mass is 32.2. The highest BCUT2D eigenvalue weighted by Gasteiger charge is 2.26. The van der Waals surface area contributed by atoms with Gasteiger partial charge < -0.3 is 5.11 Å². The van der Waals surface area contributed by atoms with Crippen LogP contribution in [0.1, 0.15) is 19.4 Å². The molecule has 2 N–H and O–H groups in total. The highest BCUT2D eigenvalue weighted by Crippen LogP contribution is 2.16. The molecule has 0 aliphatic rings. The second kappa shape index (κ2) is 4.53. The summed E-state index contributed by atoms with van der Waals surface area (Å²) in [5, 5.41) is 9.05. The second-order valence-electron chi connectivity index (χ2n) is 4.41. The molecule has 0 spiro atoms. The Balaban J connectivity index is 3.09. The van der Waals surface area contributed by atoms with Crippen molar-refractivity contribution in [2.24, 2.45) is 0 Å². The molecular formula is C11H17NO3S. The summed E-state index contributed by atoms with van der Waals surface area (Å²) in [4.78, 5) is 0.247.